The lowest BCUT2D eigenvalue weighted by atomic mass is 10.1. The largest absolute Gasteiger partial charge is 0.369 e. The Morgan fingerprint density at radius 1 is 1.61 bits per heavy atom. The summed E-state index contributed by atoms with van der Waals surface area (Å²) >= 11 is 4.95. The number of thiophene rings is 1. The maximum Gasteiger partial charge on any atom is 0.317 e. The van der Waals surface area contributed by atoms with Crippen LogP contribution < -0.4 is 11.1 Å². The van der Waals surface area contributed by atoms with Gasteiger partial charge in [0.1, 0.15) is 0 Å². The zero-order valence-corrected chi connectivity index (χ0v) is 12.1. The first-order chi connectivity index (χ1) is 8.56. The second-order valence-electron chi connectivity index (χ2n) is 4.22. The van der Waals surface area contributed by atoms with Gasteiger partial charge in [0.05, 0.1) is 12.5 Å². The third kappa shape index (κ3) is 3.23. The highest BCUT2D eigenvalue weighted by atomic mass is 79.9. The molecule has 1 aromatic heterocycles. The van der Waals surface area contributed by atoms with Crippen molar-refractivity contribution in [2.75, 3.05) is 13.1 Å². The van der Waals surface area contributed by atoms with Gasteiger partial charge in [-0.25, -0.2) is 4.79 Å². The van der Waals surface area contributed by atoms with E-state index >= 15 is 0 Å². The molecule has 0 aliphatic carbocycles. The molecule has 1 aliphatic rings. The first-order valence-electron chi connectivity index (χ1n) is 5.61. The Morgan fingerprint density at radius 2 is 2.39 bits per heavy atom. The van der Waals surface area contributed by atoms with Crippen LogP contribution in [0.5, 0.6) is 0 Å². The number of hydrogen-bond donors (Lipinski definition) is 2. The molecule has 98 valence electrons. The van der Waals surface area contributed by atoms with E-state index in [1.807, 2.05) is 11.4 Å². The van der Waals surface area contributed by atoms with E-state index < -0.39 is 0 Å². The molecule has 1 aromatic rings. The van der Waals surface area contributed by atoms with Crippen LogP contribution in [-0.2, 0) is 11.3 Å². The zero-order valence-electron chi connectivity index (χ0n) is 9.69. The summed E-state index contributed by atoms with van der Waals surface area (Å²) in [4.78, 5) is 25.6. The van der Waals surface area contributed by atoms with Crippen molar-refractivity contribution in [3.05, 3.63) is 20.8 Å². The Hall–Kier alpha value is -1.08. The predicted molar refractivity (Wildman–Crippen MR) is 73.1 cm³/mol. The van der Waals surface area contributed by atoms with E-state index in [0.717, 1.165) is 9.35 Å². The first-order valence-corrected chi connectivity index (χ1v) is 7.28. The van der Waals surface area contributed by atoms with Crippen molar-refractivity contribution in [3.8, 4) is 0 Å². The molecule has 0 saturated carbocycles. The highest BCUT2D eigenvalue weighted by molar-refractivity contribution is 9.10. The number of nitrogens with two attached hydrogens (primary N) is 1. The van der Waals surface area contributed by atoms with Crippen LogP contribution in [0.25, 0.3) is 0 Å². The molecule has 5 nitrogen and oxygen atoms in total. The average molecular weight is 332 g/mol. The number of carbonyl (C=O) groups excluding carboxylic acids is 2. The predicted octanol–water partition coefficient (Wildman–Crippen LogP) is 1.53. The third-order valence-electron chi connectivity index (χ3n) is 2.91. The summed E-state index contributed by atoms with van der Waals surface area (Å²) in [6, 6.07) is 1.84. The van der Waals surface area contributed by atoms with Crippen LogP contribution >= 0.6 is 27.3 Å². The van der Waals surface area contributed by atoms with Gasteiger partial charge in [0.25, 0.3) is 0 Å². The van der Waals surface area contributed by atoms with Gasteiger partial charge >= 0.3 is 6.03 Å². The van der Waals surface area contributed by atoms with E-state index in [1.54, 1.807) is 16.2 Å². The summed E-state index contributed by atoms with van der Waals surface area (Å²) in [5.41, 5.74) is 5.23. The van der Waals surface area contributed by atoms with Gasteiger partial charge < -0.3 is 16.0 Å². The maximum atomic E-state index is 11.8. The molecule has 7 heteroatoms. The molecule has 0 bridgehead atoms. The summed E-state index contributed by atoms with van der Waals surface area (Å²) in [7, 11) is 0. The zero-order chi connectivity index (χ0) is 13.1. The van der Waals surface area contributed by atoms with E-state index in [9.17, 15) is 9.59 Å². The van der Waals surface area contributed by atoms with Gasteiger partial charge in [-0.3, -0.25) is 4.79 Å². The minimum atomic E-state index is -0.326. The molecule has 1 atom stereocenters. The van der Waals surface area contributed by atoms with E-state index in [2.05, 4.69) is 21.2 Å². The number of carbonyl (C=O) groups is 2. The number of amides is 3. The highest BCUT2D eigenvalue weighted by Crippen LogP contribution is 2.20. The van der Waals surface area contributed by atoms with Gasteiger partial charge in [-0.05, 0) is 28.4 Å². The molecule has 1 aliphatic heterocycles. The SMILES string of the molecule is NC(=O)[C@H]1CCN(C(=O)NCc2cc(Br)cs2)C1. The van der Waals surface area contributed by atoms with Gasteiger partial charge in [0, 0.05) is 27.8 Å². The second-order valence-corrected chi connectivity index (χ2v) is 6.14. The quantitative estimate of drug-likeness (QED) is 0.881. The maximum absolute atomic E-state index is 11.8. The van der Waals surface area contributed by atoms with Gasteiger partial charge in [-0.2, -0.15) is 0 Å². The number of rotatable bonds is 3. The topological polar surface area (TPSA) is 75.4 Å². The Morgan fingerprint density at radius 3 is 2.94 bits per heavy atom. The summed E-state index contributed by atoms with van der Waals surface area (Å²) in [6.45, 7) is 1.52. The van der Waals surface area contributed by atoms with Crippen molar-refractivity contribution >= 4 is 39.2 Å². The van der Waals surface area contributed by atoms with Crippen molar-refractivity contribution in [2.24, 2.45) is 11.7 Å². The minimum absolute atomic E-state index is 0.136. The standard InChI is InChI=1S/C11H14BrN3O2S/c12-8-3-9(18-6-8)4-14-11(17)15-2-1-7(5-15)10(13)16/h3,6-7H,1-2,4-5H2,(H2,13,16)(H,14,17)/t7-/m0/s1. The molecule has 3 amide bonds. The molecular weight excluding hydrogens is 318 g/mol. The van der Waals surface area contributed by atoms with Crippen molar-refractivity contribution in [1.82, 2.24) is 10.2 Å². The molecule has 0 unspecified atom stereocenters. The monoisotopic (exact) mass is 331 g/mol. The van der Waals surface area contributed by atoms with Crippen LogP contribution in [0, 0.1) is 5.92 Å². The lowest BCUT2D eigenvalue weighted by molar-refractivity contribution is -0.121. The van der Waals surface area contributed by atoms with Crippen LogP contribution in [0.2, 0.25) is 0 Å². The fourth-order valence-corrected chi connectivity index (χ4v) is 3.29. The Balaban J connectivity index is 1.80. The normalized spacial score (nSPS) is 18.9. The van der Waals surface area contributed by atoms with Crippen LogP contribution in [-0.4, -0.2) is 29.9 Å². The molecule has 1 fully saturated rings. The van der Waals surface area contributed by atoms with Gasteiger partial charge in [-0.1, -0.05) is 0 Å². The fraction of sp³-hybridized carbons (Fsp3) is 0.455. The lowest BCUT2D eigenvalue weighted by Crippen LogP contribution is -2.39. The van der Waals surface area contributed by atoms with E-state index in [0.29, 0.717) is 26.1 Å². The molecule has 2 rings (SSSR count). The summed E-state index contributed by atoms with van der Waals surface area (Å²) in [5.74, 6) is -0.529. The Labute approximate surface area is 117 Å². The number of nitrogens with zero attached hydrogens (tertiary/aromatic N) is 1. The number of likely N-dealkylation sites (tertiary alicyclic amines) is 1. The van der Waals surface area contributed by atoms with Crippen molar-refractivity contribution in [2.45, 2.75) is 13.0 Å². The van der Waals surface area contributed by atoms with E-state index in [-0.39, 0.29) is 17.9 Å². The molecule has 0 radical (unpaired) electrons. The molecule has 0 spiro atoms. The molecule has 2 heterocycles. The van der Waals surface area contributed by atoms with Crippen molar-refractivity contribution < 1.29 is 9.59 Å². The van der Waals surface area contributed by atoms with Crippen LogP contribution in [0.4, 0.5) is 4.79 Å². The van der Waals surface area contributed by atoms with Crippen molar-refractivity contribution in [1.29, 1.82) is 0 Å². The Bertz CT molecular complexity index is 463. The average Bonchev–Trinajstić information content (AvgIpc) is 2.94. The molecule has 3 N–H and O–H groups in total. The summed E-state index contributed by atoms with van der Waals surface area (Å²) in [5, 5.41) is 4.81. The number of hydrogen-bond acceptors (Lipinski definition) is 3. The lowest BCUT2D eigenvalue weighted by Gasteiger charge is -2.16. The molecule has 0 aromatic carbocycles. The summed E-state index contributed by atoms with van der Waals surface area (Å²) in [6.07, 6.45) is 0.660. The number of halogens is 1. The van der Waals surface area contributed by atoms with E-state index in [4.69, 9.17) is 5.73 Å². The van der Waals surface area contributed by atoms with Crippen LogP contribution in [0.15, 0.2) is 15.9 Å². The number of nitrogens with one attached hydrogen (secondary N) is 1. The van der Waals surface area contributed by atoms with E-state index in [1.165, 1.54) is 0 Å². The second kappa shape index (κ2) is 5.71. The van der Waals surface area contributed by atoms with Crippen molar-refractivity contribution in [3.63, 3.8) is 0 Å². The Kier molecular flexibility index (Phi) is 4.23. The minimum Gasteiger partial charge on any atom is -0.369 e. The first kappa shape index (κ1) is 13.4. The smallest absolute Gasteiger partial charge is 0.317 e. The number of primary amides is 1. The highest BCUT2D eigenvalue weighted by Gasteiger charge is 2.29. The molecule has 18 heavy (non-hydrogen) atoms. The van der Waals surface area contributed by atoms with Crippen LogP contribution in [0.3, 0.4) is 0 Å². The van der Waals surface area contributed by atoms with Gasteiger partial charge in [0.2, 0.25) is 5.91 Å². The van der Waals surface area contributed by atoms with Crippen LogP contribution in [0.1, 0.15) is 11.3 Å². The summed E-state index contributed by atoms with van der Waals surface area (Å²) < 4.78 is 1.02. The third-order valence-corrected chi connectivity index (χ3v) is 4.61. The molecule has 1 saturated heterocycles. The van der Waals surface area contributed by atoms with Gasteiger partial charge in [0.15, 0.2) is 0 Å². The number of urea groups is 1. The fourth-order valence-electron chi connectivity index (χ4n) is 1.90. The van der Waals surface area contributed by atoms with Gasteiger partial charge in [-0.15, -0.1) is 11.3 Å². The molecular formula is C11H14BrN3O2S.